The first kappa shape index (κ1) is 29.6. The van der Waals surface area contributed by atoms with E-state index in [0.29, 0.717) is 5.56 Å². The lowest BCUT2D eigenvalue weighted by atomic mass is 10.0. The minimum Gasteiger partial charge on any atom is -0.507 e. The Bertz CT molecular complexity index is 971. The van der Waals surface area contributed by atoms with Gasteiger partial charge in [-0.05, 0) is 35.0 Å². The SMILES string of the molecule is C.C.CC.CO.COc1cc(C(=O)N/N=C/c2c(O)ccc3ccccc23)ccc1O. The van der Waals surface area contributed by atoms with Gasteiger partial charge >= 0.3 is 0 Å². The van der Waals surface area contributed by atoms with Crippen molar-refractivity contribution in [3.63, 3.8) is 0 Å². The Balaban J connectivity index is 0. The average Bonchev–Trinajstić information content (AvgIpc) is 2.78. The van der Waals surface area contributed by atoms with E-state index in [1.165, 1.54) is 31.5 Å². The van der Waals surface area contributed by atoms with Crippen molar-refractivity contribution < 1.29 is 24.9 Å². The molecule has 170 valence electrons. The number of ether oxygens (including phenoxy) is 1. The summed E-state index contributed by atoms with van der Waals surface area (Å²) in [6, 6.07) is 15.2. The minimum absolute atomic E-state index is 0. The van der Waals surface area contributed by atoms with Crippen LogP contribution < -0.4 is 10.2 Å². The fraction of sp³-hybridized carbons (Fsp3) is 0.250. The van der Waals surface area contributed by atoms with Crippen molar-refractivity contribution in [2.75, 3.05) is 14.2 Å². The normalized spacial score (nSPS) is 9.19. The number of hydrogen-bond acceptors (Lipinski definition) is 6. The van der Waals surface area contributed by atoms with Crippen molar-refractivity contribution in [3.8, 4) is 17.2 Å². The Morgan fingerprint density at radius 3 is 2.23 bits per heavy atom. The Kier molecular flexibility index (Phi) is 14.6. The van der Waals surface area contributed by atoms with Crippen LogP contribution in [0.5, 0.6) is 17.2 Å². The zero-order valence-electron chi connectivity index (χ0n) is 16.9. The number of carbonyl (C=O) groups excluding carboxylic acids is 1. The molecule has 0 saturated carbocycles. The number of hydrogen-bond donors (Lipinski definition) is 4. The fourth-order valence-electron chi connectivity index (χ4n) is 2.46. The van der Waals surface area contributed by atoms with Crippen LogP contribution in [0.3, 0.4) is 0 Å². The van der Waals surface area contributed by atoms with Crippen LogP contribution in [0.4, 0.5) is 0 Å². The lowest BCUT2D eigenvalue weighted by Gasteiger charge is -2.06. The van der Waals surface area contributed by atoms with Crippen LogP contribution in [0.25, 0.3) is 10.8 Å². The quantitative estimate of drug-likeness (QED) is 0.346. The molecule has 7 nitrogen and oxygen atoms in total. The second kappa shape index (κ2) is 15.3. The van der Waals surface area contributed by atoms with Crippen molar-refractivity contribution in [1.29, 1.82) is 0 Å². The van der Waals surface area contributed by atoms with Gasteiger partial charge in [0.25, 0.3) is 5.91 Å². The summed E-state index contributed by atoms with van der Waals surface area (Å²) in [5, 5.41) is 32.3. The third-order valence-corrected chi connectivity index (χ3v) is 3.75. The number of hydrazone groups is 1. The van der Waals surface area contributed by atoms with Gasteiger partial charge in [-0.2, -0.15) is 5.10 Å². The maximum Gasteiger partial charge on any atom is 0.271 e. The summed E-state index contributed by atoms with van der Waals surface area (Å²) >= 11 is 0. The summed E-state index contributed by atoms with van der Waals surface area (Å²) in [5.41, 5.74) is 3.19. The van der Waals surface area contributed by atoms with Crippen LogP contribution in [0.1, 0.15) is 44.6 Å². The number of aromatic hydroxyl groups is 2. The van der Waals surface area contributed by atoms with Crippen LogP contribution in [-0.2, 0) is 0 Å². The van der Waals surface area contributed by atoms with E-state index in [1.807, 2.05) is 44.2 Å². The third-order valence-electron chi connectivity index (χ3n) is 3.75. The third kappa shape index (κ3) is 7.64. The van der Waals surface area contributed by atoms with E-state index in [0.717, 1.165) is 17.9 Å². The Hall–Kier alpha value is -3.58. The number of rotatable bonds is 4. The summed E-state index contributed by atoms with van der Waals surface area (Å²) in [5.74, 6) is -0.246. The van der Waals surface area contributed by atoms with Crippen LogP contribution in [-0.4, -0.2) is 41.7 Å². The predicted octanol–water partition coefficient (Wildman–Crippen LogP) is 4.93. The maximum absolute atomic E-state index is 12.1. The molecule has 0 heterocycles. The Morgan fingerprint density at radius 2 is 1.58 bits per heavy atom. The molecule has 0 aliphatic carbocycles. The highest BCUT2D eigenvalue weighted by Crippen LogP contribution is 2.27. The van der Waals surface area contributed by atoms with Gasteiger partial charge in [0.05, 0.1) is 13.3 Å². The van der Waals surface area contributed by atoms with Gasteiger partial charge in [-0.15, -0.1) is 0 Å². The van der Waals surface area contributed by atoms with Crippen LogP contribution >= 0.6 is 0 Å². The number of phenolic OH excluding ortho intramolecular Hbond substituents is 2. The number of methoxy groups -OCH3 is 1. The molecular formula is C24H34N2O5. The van der Waals surface area contributed by atoms with Gasteiger partial charge in [-0.25, -0.2) is 5.43 Å². The highest BCUT2D eigenvalue weighted by Gasteiger charge is 2.09. The molecule has 0 aliphatic rings. The van der Waals surface area contributed by atoms with E-state index in [1.54, 1.807) is 6.07 Å². The summed E-state index contributed by atoms with van der Waals surface area (Å²) in [6.45, 7) is 4.00. The molecule has 3 aromatic rings. The molecule has 0 bridgehead atoms. The molecule has 3 rings (SSSR count). The molecule has 0 unspecified atom stereocenters. The summed E-state index contributed by atoms with van der Waals surface area (Å²) in [7, 11) is 2.40. The zero-order valence-corrected chi connectivity index (χ0v) is 16.9. The molecule has 0 aliphatic heterocycles. The highest BCUT2D eigenvalue weighted by molar-refractivity contribution is 6.03. The van der Waals surface area contributed by atoms with Crippen LogP contribution in [0.15, 0.2) is 59.7 Å². The molecule has 0 saturated heterocycles. The molecular weight excluding hydrogens is 396 g/mol. The van der Waals surface area contributed by atoms with Crippen molar-refractivity contribution in [2.45, 2.75) is 28.7 Å². The Labute approximate surface area is 184 Å². The van der Waals surface area contributed by atoms with Gasteiger partial charge < -0.3 is 20.1 Å². The number of carbonyl (C=O) groups is 1. The molecule has 31 heavy (non-hydrogen) atoms. The number of nitrogens with one attached hydrogen (secondary N) is 1. The first-order valence-corrected chi connectivity index (χ1v) is 8.96. The second-order valence-corrected chi connectivity index (χ2v) is 5.31. The van der Waals surface area contributed by atoms with E-state index >= 15 is 0 Å². The van der Waals surface area contributed by atoms with Gasteiger partial charge in [0.15, 0.2) is 11.5 Å². The lowest BCUT2D eigenvalue weighted by Crippen LogP contribution is -2.17. The van der Waals surface area contributed by atoms with E-state index in [9.17, 15) is 15.0 Å². The number of amides is 1. The topological polar surface area (TPSA) is 111 Å². The first-order valence-electron chi connectivity index (χ1n) is 8.96. The van der Waals surface area contributed by atoms with Gasteiger partial charge in [-0.1, -0.05) is 59.0 Å². The molecule has 0 aromatic heterocycles. The molecule has 0 atom stereocenters. The number of nitrogens with zero attached hydrogens (tertiary/aromatic N) is 1. The summed E-state index contributed by atoms with van der Waals surface area (Å²) < 4.78 is 4.97. The van der Waals surface area contributed by atoms with Gasteiger partial charge in [0.1, 0.15) is 5.75 Å². The smallest absolute Gasteiger partial charge is 0.271 e. The monoisotopic (exact) mass is 430 g/mol. The summed E-state index contributed by atoms with van der Waals surface area (Å²) in [4.78, 5) is 12.1. The number of phenols is 2. The second-order valence-electron chi connectivity index (χ2n) is 5.31. The van der Waals surface area contributed by atoms with Crippen LogP contribution in [0, 0.1) is 0 Å². The predicted molar refractivity (Wildman–Crippen MR) is 128 cm³/mol. The fourth-order valence-corrected chi connectivity index (χ4v) is 2.46. The summed E-state index contributed by atoms with van der Waals surface area (Å²) in [6.07, 6.45) is 1.40. The van der Waals surface area contributed by atoms with E-state index in [2.05, 4.69) is 10.5 Å². The highest BCUT2D eigenvalue weighted by atomic mass is 16.5. The Morgan fingerprint density at radius 1 is 0.968 bits per heavy atom. The van der Waals surface area contributed by atoms with Crippen molar-refractivity contribution >= 4 is 22.9 Å². The van der Waals surface area contributed by atoms with E-state index in [4.69, 9.17) is 9.84 Å². The van der Waals surface area contributed by atoms with Gasteiger partial charge in [-0.3, -0.25) is 4.79 Å². The van der Waals surface area contributed by atoms with Gasteiger partial charge in [0, 0.05) is 18.2 Å². The van der Waals surface area contributed by atoms with Crippen LogP contribution in [0.2, 0.25) is 0 Å². The largest absolute Gasteiger partial charge is 0.507 e. The maximum atomic E-state index is 12.1. The number of benzene rings is 3. The average molecular weight is 431 g/mol. The van der Waals surface area contributed by atoms with Gasteiger partial charge in [0.2, 0.25) is 0 Å². The number of aliphatic hydroxyl groups is 1. The number of fused-ring (bicyclic) bond motifs is 1. The minimum atomic E-state index is -0.464. The van der Waals surface area contributed by atoms with E-state index < -0.39 is 5.91 Å². The van der Waals surface area contributed by atoms with Crippen molar-refractivity contribution in [1.82, 2.24) is 5.43 Å². The number of aliphatic hydroxyl groups excluding tert-OH is 1. The van der Waals surface area contributed by atoms with Crippen molar-refractivity contribution in [3.05, 3.63) is 65.7 Å². The molecule has 7 heteroatoms. The molecule has 0 spiro atoms. The molecule has 0 radical (unpaired) electrons. The zero-order chi connectivity index (χ0) is 21.8. The molecule has 0 fully saturated rings. The first-order chi connectivity index (χ1) is 14.1. The molecule has 3 aromatic carbocycles. The molecule has 4 N–H and O–H groups in total. The van der Waals surface area contributed by atoms with Crippen molar-refractivity contribution in [2.24, 2.45) is 5.10 Å². The lowest BCUT2D eigenvalue weighted by molar-refractivity contribution is 0.0954. The molecule has 1 amide bonds. The van der Waals surface area contributed by atoms with E-state index in [-0.39, 0.29) is 37.7 Å². The standard InChI is InChI=1S/C19H16N2O4.C2H6.CH4O.2CH4/c1-25-18-10-13(7-9-17(18)23)19(24)21-20-11-15-14-5-3-2-4-12(14)6-8-16(15)22;2*1-2;;/h2-11,22-23H,1H3,(H,21,24);1-2H3;2H,1H3;2*1H4/b20-11+;;;;.